The zero-order chi connectivity index (χ0) is 24.7. The summed E-state index contributed by atoms with van der Waals surface area (Å²) in [6.07, 6.45) is -0.489. The lowest BCUT2D eigenvalue weighted by Crippen LogP contribution is -2.58. The molecule has 176 valence electrons. The molecule has 1 atom stereocenters. The fraction of sp³-hybridized carbons (Fsp3) is 0.385. The normalized spacial score (nSPS) is 16.3. The van der Waals surface area contributed by atoms with Crippen molar-refractivity contribution in [3.05, 3.63) is 70.8 Å². The lowest BCUT2D eigenvalue weighted by molar-refractivity contribution is -0.154. The number of amides is 1. The summed E-state index contributed by atoms with van der Waals surface area (Å²) in [7, 11) is 0. The molecule has 34 heavy (non-hydrogen) atoms. The molecule has 2 aromatic carbocycles. The van der Waals surface area contributed by atoms with E-state index in [4.69, 9.17) is 9.47 Å². The Morgan fingerprint density at radius 1 is 0.971 bits per heavy atom. The van der Waals surface area contributed by atoms with Crippen LogP contribution in [0.4, 0.5) is 4.79 Å². The van der Waals surface area contributed by atoms with Gasteiger partial charge in [-0.05, 0) is 38.5 Å². The highest BCUT2D eigenvalue weighted by Crippen LogP contribution is 2.20. The standard InChI is InChI=1S/C26H28N4O4/c1-26(2,3)34-25(32)30-13-12-29(16-21-10-6-4-8-19(21)14-27)23(17-30)24(31)33-18-22-11-7-5-9-20(22)15-28/h4-11,23H,12-13,16-18H2,1-3H3/t23-/m1/s1. The van der Waals surface area contributed by atoms with Gasteiger partial charge in [-0.15, -0.1) is 0 Å². The summed E-state index contributed by atoms with van der Waals surface area (Å²) >= 11 is 0. The number of esters is 1. The average Bonchev–Trinajstić information content (AvgIpc) is 2.82. The molecule has 1 amide bonds. The van der Waals surface area contributed by atoms with E-state index < -0.39 is 23.7 Å². The Hall–Kier alpha value is -3.88. The smallest absolute Gasteiger partial charge is 0.410 e. The van der Waals surface area contributed by atoms with Crippen LogP contribution in [0.25, 0.3) is 0 Å². The Morgan fingerprint density at radius 3 is 2.18 bits per heavy atom. The van der Waals surface area contributed by atoms with E-state index in [0.717, 1.165) is 5.56 Å². The third kappa shape index (κ3) is 6.34. The first-order chi connectivity index (χ1) is 16.2. The van der Waals surface area contributed by atoms with Crippen molar-refractivity contribution in [2.24, 2.45) is 0 Å². The first-order valence-corrected chi connectivity index (χ1v) is 11.1. The van der Waals surface area contributed by atoms with Crippen molar-refractivity contribution in [1.29, 1.82) is 10.5 Å². The molecular weight excluding hydrogens is 432 g/mol. The number of benzene rings is 2. The predicted molar refractivity (Wildman–Crippen MR) is 124 cm³/mol. The van der Waals surface area contributed by atoms with Gasteiger partial charge in [-0.25, -0.2) is 4.79 Å². The second-order valence-electron chi connectivity index (χ2n) is 9.06. The maximum Gasteiger partial charge on any atom is 0.410 e. The number of nitriles is 2. The molecule has 1 aliphatic heterocycles. The van der Waals surface area contributed by atoms with Gasteiger partial charge in [0, 0.05) is 25.2 Å². The quantitative estimate of drug-likeness (QED) is 0.628. The molecule has 0 spiro atoms. The van der Waals surface area contributed by atoms with Gasteiger partial charge in [0.1, 0.15) is 18.2 Å². The van der Waals surface area contributed by atoms with Gasteiger partial charge in [0.2, 0.25) is 0 Å². The topological polar surface area (TPSA) is 107 Å². The highest BCUT2D eigenvalue weighted by atomic mass is 16.6. The number of carbonyl (C=O) groups excluding carboxylic acids is 2. The third-order valence-corrected chi connectivity index (χ3v) is 5.43. The molecule has 0 aliphatic carbocycles. The largest absolute Gasteiger partial charge is 0.460 e. The Morgan fingerprint density at radius 2 is 1.56 bits per heavy atom. The molecule has 1 heterocycles. The highest BCUT2D eigenvalue weighted by molar-refractivity contribution is 5.78. The van der Waals surface area contributed by atoms with Crippen molar-refractivity contribution >= 4 is 12.1 Å². The van der Waals surface area contributed by atoms with Crippen molar-refractivity contribution in [1.82, 2.24) is 9.80 Å². The van der Waals surface area contributed by atoms with Crippen LogP contribution in [0.2, 0.25) is 0 Å². The van der Waals surface area contributed by atoms with Crippen LogP contribution in [0.3, 0.4) is 0 Å². The fourth-order valence-corrected chi connectivity index (χ4v) is 3.71. The van der Waals surface area contributed by atoms with Gasteiger partial charge in [-0.2, -0.15) is 10.5 Å². The van der Waals surface area contributed by atoms with Crippen LogP contribution >= 0.6 is 0 Å². The molecular formula is C26H28N4O4. The first-order valence-electron chi connectivity index (χ1n) is 11.1. The molecule has 1 fully saturated rings. The van der Waals surface area contributed by atoms with E-state index in [9.17, 15) is 20.1 Å². The van der Waals surface area contributed by atoms with Crippen LogP contribution in [-0.4, -0.2) is 53.1 Å². The van der Waals surface area contributed by atoms with Gasteiger partial charge in [0.05, 0.1) is 29.8 Å². The van der Waals surface area contributed by atoms with E-state index in [0.29, 0.717) is 36.3 Å². The molecule has 2 aromatic rings. The molecule has 0 unspecified atom stereocenters. The van der Waals surface area contributed by atoms with Gasteiger partial charge >= 0.3 is 12.1 Å². The summed E-state index contributed by atoms with van der Waals surface area (Å²) in [6.45, 7) is 6.57. The average molecular weight is 461 g/mol. The van der Waals surface area contributed by atoms with Crippen molar-refractivity contribution in [2.45, 2.75) is 45.6 Å². The zero-order valence-electron chi connectivity index (χ0n) is 19.7. The summed E-state index contributed by atoms with van der Waals surface area (Å²) in [4.78, 5) is 29.3. The van der Waals surface area contributed by atoms with E-state index in [1.807, 2.05) is 17.0 Å². The van der Waals surface area contributed by atoms with Crippen LogP contribution in [0.1, 0.15) is 43.0 Å². The maximum absolute atomic E-state index is 13.2. The number of carbonyl (C=O) groups is 2. The fourth-order valence-electron chi connectivity index (χ4n) is 3.71. The van der Waals surface area contributed by atoms with Crippen molar-refractivity contribution in [3.8, 4) is 12.1 Å². The van der Waals surface area contributed by atoms with Crippen LogP contribution < -0.4 is 0 Å². The lowest BCUT2D eigenvalue weighted by atomic mass is 10.1. The number of hydrogen-bond acceptors (Lipinski definition) is 7. The van der Waals surface area contributed by atoms with Crippen molar-refractivity contribution in [3.63, 3.8) is 0 Å². The van der Waals surface area contributed by atoms with E-state index in [2.05, 4.69) is 12.1 Å². The number of hydrogen-bond donors (Lipinski definition) is 0. The minimum absolute atomic E-state index is 0.0475. The first kappa shape index (κ1) is 24.8. The van der Waals surface area contributed by atoms with Crippen LogP contribution in [0, 0.1) is 22.7 Å². The molecule has 0 radical (unpaired) electrons. The van der Waals surface area contributed by atoms with Gasteiger partial charge in [0.25, 0.3) is 0 Å². The Labute approximate surface area is 199 Å². The summed E-state index contributed by atoms with van der Waals surface area (Å²) < 4.78 is 11.1. The second-order valence-corrected chi connectivity index (χ2v) is 9.06. The molecule has 1 aliphatic rings. The van der Waals surface area contributed by atoms with E-state index in [1.54, 1.807) is 57.2 Å². The molecule has 8 heteroatoms. The summed E-state index contributed by atoms with van der Waals surface area (Å²) in [5.41, 5.74) is 1.72. The van der Waals surface area contributed by atoms with Gasteiger partial charge in [-0.3, -0.25) is 9.69 Å². The third-order valence-electron chi connectivity index (χ3n) is 5.43. The molecule has 3 rings (SSSR count). The Balaban J connectivity index is 1.79. The minimum atomic E-state index is -0.748. The Kier molecular flexibility index (Phi) is 7.88. The van der Waals surface area contributed by atoms with Crippen LogP contribution in [0.15, 0.2) is 48.5 Å². The molecule has 0 saturated carbocycles. The van der Waals surface area contributed by atoms with Crippen molar-refractivity contribution in [2.75, 3.05) is 19.6 Å². The monoisotopic (exact) mass is 460 g/mol. The second kappa shape index (κ2) is 10.8. The summed E-state index contributed by atoms with van der Waals surface area (Å²) in [5.74, 6) is -0.504. The van der Waals surface area contributed by atoms with E-state index in [1.165, 1.54) is 4.90 Å². The maximum atomic E-state index is 13.2. The Bertz CT molecular complexity index is 1130. The van der Waals surface area contributed by atoms with Gasteiger partial charge < -0.3 is 14.4 Å². The number of piperazine rings is 1. The predicted octanol–water partition coefficient (Wildman–Crippen LogP) is 3.59. The number of nitrogens with zero attached hydrogens (tertiary/aromatic N) is 4. The number of rotatable bonds is 5. The van der Waals surface area contributed by atoms with Crippen LogP contribution in [0.5, 0.6) is 0 Å². The van der Waals surface area contributed by atoms with Gasteiger partial charge in [-0.1, -0.05) is 36.4 Å². The SMILES string of the molecule is CC(C)(C)OC(=O)N1CCN(Cc2ccccc2C#N)[C@@H](C(=O)OCc2ccccc2C#N)C1. The molecule has 1 saturated heterocycles. The van der Waals surface area contributed by atoms with Crippen LogP contribution in [-0.2, 0) is 27.4 Å². The summed E-state index contributed by atoms with van der Waals surface area (Å²) in [6, 6.07) is 17.7. The molecule has 8 nitrogen and oxygen atoms in total. The number of ether oxygens (including phenoxy) is 2. The van der Waals surface area contributed by atoms with E-state index >= 15 is 0 Å². The zero-order valence-corrected chi connectivity index (χ0v) is 19.7. The minimum Gasteiger partial charge on any atom is -0.460 e. The molecule has 0 bridgehead atoms. The highest BCUT2D eigenvalue weighted by Gasteiger charge is 2.37. The van der Waals surface area contributed by atoms with E-state index in [-0.39, 0.29) is 13.2 Å². The van der Waals surface area contributed by atoms with Gasteiger partial charge in [0.15, 0.2) is 0 Å². The van der Waals surface area contributed by atoms with Crippen molar-refractivity contribution < 1.29 is 19.1 Å². The lowest BCUT2D eigenvalue weighted by Gasteiger charge is -2.40. The summed E-state index contributed by atoms with van der Waals surface area (Å²) in [5, 5.41) is 18.7. The molecule has 0 aromatic heterocycles. The molecule has 0 N–H and O–H groups in total.